The molecule has 3 heterocycles. The number of allylic oxidation sites excluding steroid dienone is 4. The Morgan fingerprint density at radius 3 is 2.18 bits per heavy atom. The summed E-state index contributed by atoms with van der Waals surface area (Å²) in [7, 11) is 0. The molecule has 0 saturated heterocycles. The maximum absolute atomic E-state index is 9.46. The van der Waals surface area contributed by atoms with Gasteiger partial charge >= 0.3 is 0 Å². The molecule has 0 amide bonds. The molecule has 0 saturated carbocycles. The van der Waals surface area contributed by atoms with Crippen molar-refractivity contribution in [1.29, 1.82) is 10.5 Å². The number of hydrogen-bond donors (Lipinski definition) is 0. The second kappa shape index (κ2) is 7.93. The molecule has 34 heavy (non-hydrogen) atoms. The Hall–Kier alpha value is -3.76. The first-order valence-corrected chi connectivity index (χ1v) is 11.8. The minimum absolute atomic E-state index is 0.0874. The summed E-state index contributed by atoms with van der Waals surface area (Å²) < 4.78 is 6.10. The van der Waals surface area contributed by atoms with Gasteiger partial charge in [-0.3, -0.25) is 0 Å². The van der Waals surface area contributed by atoms with Crippen molar-refractivity contribution < 1.29 is 4.74 Å². The Morgan fingerprint density at radius 2 is 1.56 bits per heavy atom. The quantitative estimate of drug-likeness (QED) is 0.497. The van der Waals surface area contributed by atoms with Gasteiger partial charge in [-0.2, -0.15) is 10.5 Å². The van der Waals surface area contributed by atoms with Gasteiger partial charge in [-0.1, -0.05) is 52.0 Å². The fraction of sp³-hybridized carbons (Fsp3) is 0.333. The molecule has 3 aliphatic heterocycles. The molecule has 3 aliphatic rings. The Kier molecular flexibility index (Phi) is 5.14. The Bertz CT molecular complexity index is 1300. The van der Waals surface area contributed by atoms with Crippen molar-refractivity contribution in [3.8, 4) is 17.9 Å². The number of anilines is 1. The number of fused-ring (bicyclic) bond motifs is 1. The average Bonchev–Trinajstić information content (AvgIpc) is 2.76. The second-order valence-electron chi connectivity index (χ2n) is 11.2. The van der Waals surface area contributed by atoms with E-state index in [0.29, 0.717) is 17.1 Å². The first-order chi connectivity index (χ1) is 16.2. The van der Waals surface area contributed by atoms with E-state index < -0.39 is 0 Å². The highest BCUT2D eigenvalue weighted by Crippen LogP contribution is 2.45. The fourth-order valence-corrected chi connectivity index (χ4v) is 5.72. The summed E-state index contributed by atoms with van der Waals surface area (Å²) in [6.45, 7) is 11.6. The molecule has 170 valence electrons. The lowest BCUT2D eigenvalue weighted by molar-refractivity contribution is 0.289. The third-order valence-electron chi connectivity index (χ3n) is 6.81. The van der Waals surface area contributed by atoms with Crippen LogP contribution >= 0.6 is 0 Å². The van der Waals surface area contributed by atoms with Crippen molar-refractivity contribution in [3.63, 3.8) is 0 Å². The minimum Gasteiger partial charge on any atom is -0.457 e. The van der Waals surface area contributed by atoms with Gasteiger partial charge in [0.25, 0.3) is 0 Å². The van der Waals surface area contributed by atoms with Crippen molar-refractivity contribution >= 4 is 17.3 Å². The third kappa shape index (κ3) is 4.02. The molecule has 2 aromatic rings. The first kappa shape index (κ1) is 22.1. The summed E-state index contributed by atoms with van der Waals surface area (Å²) in [4.78, 5) is 2.59. The maximum Gasteiger partial charge on any atom is 0.137 e. The number of ether oxygens (including phenoxy) is 1. The molecule has 0 atom stereocenters. The van der Waals surface area contributed by atoms with Gasteiger partial charge in [0, 0.05) is 29.9 Å². The van der Waals surface area contributed by atoms with E-state index in [1.54, 1.807) is 6.08 Å². The first-order valence-electron chi connectivity index (χ1n) is 11.8. The summed E-state index contributed by atoms with van der Waals surface area (Å²) in [6.07, 6.45) is 7.95. The Labute approximate surface area is 202 Å². The monoisotopic (exact) mass is 447 g/mol. The normalized spacial score (nSPS) is 19.3. The standard InChI is InChI=1S/C30H29N3O/c1-29(2)14-21-11-20(12-22-15-30(3,4)19-33(18-29)28(21)22)9-10-24-13-26(23(16-31)17-32)25-7-5-6-8-27(25)34-24/h5-13H,14-15,18-19H2,1-4H3/b10-9+. The van der Waals surface area contributed by atoms with E-state index in [1.807, 2.05) is 42.5 Å². The molecule has 2 aromatic carbocycles. The van der Waals surface area contributed by atoms with Crippen molar-refractivity contribution in [1.82, 2.24) is 0 Å². The molecule has 0 fully saturated rings. The molecule has 4 nitrogen and oxygen atoms in total. The molecular formula is C30H29N3O. The van der Waals surface area contributed by atoms with E-state index in [-0.39, 0.29) is 16.4 Å². The Morgan fingerprint density at radius 1 is 0.941 bits per heavy atom. The van der Waals surface area contributed by atoms with Crippen LogP contribution in [0.1, 0.15) is 49.9 Å². The lowest BCUT2D eigenvalue weighted by Crippen LogP contribution is -2.48. The summed E-state index contributed by atoms with van der Waals surface area (Å²) in [5, 5.41) is 18.9. The predicted molar refractivity (Wildman–Crippen MR) is 136 cm³/mol. The number of nitrogens with zero attached hydrogens (tertiary/aromatic N) is 3. The van der Waals surface area contributed by atoms with Crippen molar-refractivity contribution in [2.24, 2.45) is 10.8 Å². The highest BCUT2D eigenvalue weighted by Gasteiger charge is 2.38. The molecule has 0 radical (unpaired) electrons. The van der Waals surface area contributed by atoms with Crippen LogP contribution in [0, 0.1) is 33.5 Å². The number of rotatable bonds is 2. The zero-order chi connectivity index (χ0) is 24.1. The number of benzene rings is 2. The van der Waals surface area contributed by atoms with Crippen LogP contribution in [0.2, 0.25) is 0 Å². The largest absolute Gasteiger partial charge is 0.457 e. The van der Waals surface area contributed by atoms with Crippen LogP contribution in [0.4, 0.5) is 5.69 Å². The van der Waals surface area contributed by atoms with Gasteiger partial charge in [0.2, 0.25) is 0 Å². The molecule has 0 N–H and O–H groups in total. The summed E-state index contributed by atoms with van der Waals surface area (Å²) in [5.74, 6) is 1.27. The summed E-state index contributed by atoms with van der Waals surface area (Å²) in [6, 6.07) is 16.2. The van der Waals surface area contributed by atoms with Gasteiger partial charge in [0.05, 0.1) is 0 Å². The van der Waals surface area contributed by atoms with E-state index in [4.69, 9.17) is 4.74 Å². The molecule has 0 spiro atoms. The zero-order valence-electron chi connectivity index (χ0n) is 20.3. The van der Waals surface area contributed by atoms with Gasteiger partial charge in [-0.25, -0.2) is 0 Å². The van der Waals surface area contributed by atoms with Crippen LogP contribution in [-0.2, 0) is 12.8 Å². The van der Waals surface area contributed by atoms with Gasteiger partial charge in [-0.15, -0.1) is 0 Å². The van der Waals surface area contributed by atoms with Crippen LogP contribution in [0.25, 0.3) is 11.6 Å². The van der Waals surface area contributed by atoms with E-state index in [9.17, 15) is 10.5 Å². The molecule has 0 aromatic heterocycles. The molecule has 0 aliphatic carbocycles. The second-order valence-corrected chi connectivity index (χ2v) is 11.2. The summed E-state index contributed by atoms with van der Waals surface area (Å²) >= 11 is 0. The van der Waals surface area contributed by atoms with Crippen LogP contribution in [0.3, 0.4) is 0 Å². The van der Waals surface area contributed by atoms with Gasteiger partial charge in [0.15, 0.2) is 0 Å². The van der Waals surface area contributed by atoms with Crippen molar-refractivity contribution in [2.75, 3.05) is 18.0 Å². The smallest absolute Gasteiger partial charge is 0.137 e. The Balaban J connectivity index is 1.54. The van der Waals surface area contributed by atoms with Gasteiger partial charge in [0.1, 0.15) is 29.2 Å². The lowest BCUT2D eigenvalue weighted by Gasteiger charge is -2.48. The van der Waals surface area contributed by atoms with Crippen molar-refractivity contribution in [2.45, 2.75) is 40.5 Å². The van der Waals surface area contributed by atoms with Gasteiger partial charge in [-0.05, 0) is 70.7 Å². The average molecular weight is 448 g/mol. The van der Waals surface area contributed by atoms with Crippen LogP contribution in [0.5, 0.6) is 5.75 Å². The van der Waals surface area contributed by atoms with Gasteiger partial charge < -0.3 is 9.64 Å². The highest BCUT2D eigenvalue weighted by atomic mass is 16.5. The molecule has 0 bridgehead atoms. The van der Waals surface area contributed by atoms with Crippen molar-refractivity contribution in [3.05, 3.63) is 82.1 Å². The SMILES string of the molecule is CC1(C)Cc2cc(/C=C/C3=CC(=C(C#N)C#N)c4ccccc4O3)cc3c2N(C1)CC(C)(C)C3. The predicted octanol–water partition coefficient (Wildman–Crippen LogP) is 6.45. The third-order valence-corrected chi connectivity index (χ3v) is 6.81. The number of nitriles is 2. The van der Waals surface area contributed by atoms with E-state index >= 15 is 0 Å². The van der Waals surface area contributed by atoms with E-state index in [0.717, 1.165) is 37.1 Å². The maximum atomic E-state index is 9.46. The molecule has 4 heteroatoms. The topological polar surface area (TPSA) is 60.1 Å². The highest BCUT2D eigenvalue weighted by molar-refractivity contribution is 5.87. The van der Waals surface area contributed by atoms with E-state index in [2.05, 4.69) is 50.8 Å². The zero-order valence-corrected chi connectivity index (χ0v) is 20.3. The summed E-state index contributed by atoms with van der Waals surface area (Å²) in [5.41, 5.74) is 7.37. The number of para-hydroxylation sites is 1. The number of hydrogen-bond acceptors (Lipinski definition) is 4. The molecule has 5 rings (SSSR count). The molecular weight excluding hydrogens is 418 g/mol. The van der Waals surface area contributed by atoms with Crippen LogP contribution < -0.4 is 9.64 Å². The fourth-order valence-electron chi connectivity index (χ4n) is 5.72. The molecule has 0 unspecified atom stereocenters. The van der Waals surface area contributed by atoms with Crippen LogP contribution in [-0.4, -0.2) is 13.1 Å². The minimum atomic E-state index is 0.0874. The van der Waals surface area contributed by atoms with E-state index in [1.165, 1.54) is 16.8 Å². The van der Waals surface area contributed by atoms with Crippen LogP contribution in [0.15, 0.2) is 59.9 Å². The lowest BCUT2D eigenvalue weighted by atomic mass is 9.73.